The molecule has 16 heteroatoms. The zero-order chi connectivity index (χ0) is 24.7. The van der Waals surface area contributed by atoms with E-state index in [0.717, 1.165) is 0 Å². The van der Waals surface area contributed by atoms with Crippen molar-refractivity contribution in [2.45, 2.75) is 67.9 Å². The summed E-state index contributed by atoms with van der Waals surface area (Å²) in [4.78, 5) is 23.0. The number of Topliss-reactive ketones (excluding diaryl/α,β-unsaturated/α-hetero) is 1. The molecular formula is C15H13F13O3. The van der Waals surface area contributed by atoms with E-state index < -0.39 is 66.5 Å². The molecule has 1 saturated carbocycles. The van der Waals surface area contributed by atoms with E-state index in [1.54, 1.807) is 0 Å². The van der Waals surface area contributed by atoms with Crippen molar-refractivity contribution in [3.05, 3.63) is 0 Å². The van der Waals surface area contributed by atoms with Crippen LogP contribution in [0, 0.1) is 5.92 Å². The maximum Gasteiger partial charge on any atom is 0.460 e. The summed E-state index contributed by atoms with van der Waals surface area (Å²) in [5.41, 5.74) is 0. The highest BCUT2D eigenvalue weighted by molar-refractivity contribution is 5.99. The first kappa shape index (κ1) is 27.3. The smallest absolute Gasteiger partial charge is 0.460 e. The quantitative estimate of drug-likeness (QED) is 0.261. The number of ether oxygens (including phenoxy) is 1. The van der Waals surface area contributed by atoms with Crippen molar-refractivity contribution < 1.29 is 71.4 Å². The molecule has 0 saturated heterocycles. The molecule has 0 bridgehead atoms. The van der Waals surface area contributed by atoms with Crippen LogP contribution in [0.25, 0.3) is 0 Å². The van der Waals surface area contributed by atoms with Crippen LogP contribution in [0.5, 0.6) is 0 Å². The van der Waals surface area contributed by atoms with E-state index in [-0.39, 0.29) is 12.8 Å². The molecule has 182 valence electrons. The zero-order valence-electron chi connectivity index (χ0n) is 15.0. The van der Waals surface area contributed by atoms with Crippen LogP contribution in [-0.4, -0.2) is 54.1 Å². The van der Waals surface area contributed by atoms with Gasteiger partial charge in [0, 0.05) is 6.42 Å². The van der Waals surface area contributed by atoms with Crippen LogP contribution in [0.3, 0.4) is 0 Å². The highest BCUT2D eigenvalue weighted by atomic mass is 19.4. The lowest BCUT2D eigenvalue weighted by atomic mass is 9.88. The molecule has 0 aromatic carbocycles. The van der Waals surface area contributed by atoms with Crippen molar-refractivity contribution in [1.29, 1.82) is 0 Å². The van der Waals surface area contributed by atoms with Gasteiger partial charge in [-0.25, -0.2) is 0 Å². The summed E-state index contributed by atoms with van der Waals surface area (Å²) >= 11 is 0. The van der Waals surface area contributed by atoms with Gasteiger partial charge in [-0.15, -0.1) is 0 Å². The maximum atomic E-state index is 13.5. The first-order valence-electron chi connectivity index (χ1n) is 8.30. The lowest BCUT2D eigenvalue weighted by Gasteiger charge is -2.39. The Balaban J connectivity index is 3.01. The molecule has 1 atom stereocenters. The fourth-order valence-electron chi connectivity index (χ4n) is 2.57. The van der Waals surface area contributed by atoms with Crippen LogP contribution in [0.4, 0.5) is 57.1 Å². The molecule has 0 heterocycles. The van der Waals surface area contributed by atoms with Gasteiger partial charge in [-0.05, 0) is 12.8 Å². The molecule has 0 aromatic heterocycles. The van der Waals surface area contributed by atoms with Gasteiger partial charge in [0.1, 0.15) is 11.7 Å². The number of halogens is 13. The molecule has 31 heavy (non-hydrogen) atoms. The number of carbonyl (C=O) groups excluding carboxylic acids is 2. The standard InChI is InChI=1S/C15H13F13O3/c16-10(17,5-6-31-9(30)7-3-1-2-4-8(7)29)11(18,19)12(20,21)13(22,23)14(24,25)15(26,27)28/h7H,1-6H2. The molecule has 0 amide bonds. The van der Waals surface area contributed by atoms with E-state index in [9.17, 15) is 66.7 Å². The van der Waals surface area contributed by atoms with Gasteiger partial charge in [0.2, 0.25) is 0 Å². The number of carbonyl (C=O) groups is 2. The Labute approximate surface area is 164 Å². The van der Waals surface area contributed by atoms with E-state index in [1.807, 2.05) is 0 Å². The van der Waals surface area contributed by atoms with Crippen molar-refractivity contribution in [1.82, 2.24) is 0 Å². The van der Waals surface area contributed by atoms with Gasteiger partial charge in [0.15, 0.2) is 0 Å². The third kappa shape index (κ3) is 4.56. The Morgan fingerprint density at radius 2 is 1.26 bits per heavy atom. The van der Waals surface area contributed by atoms with Crippen LogP contribution in [-0.2, 0) is 14.3 Å². The number of esters is 1. The Morgan fingerprint density at radius 3 is 1.71 bits per heavy atom. The molecular weight excluding hydrogens is 475 g/mol. The Hall–Kier alpha value is -1.77. The van der Waals surface area contributed by atoms with Gasteiger partial charge >= 0.3 is 41.8 Å². The first-order chi connectivity index (χ1) is 13.6. The third-order valence-corrected chi connectivity index (χ3v) is 4.50. The summed E-state index contributed by atoms with van der Waals surface area (Å²) in [6.45, 7) is -1.84. The Bertz CT molecular complexity index is 684. The molecule has 1 unspecified atom stereocenters. The molecule has 0 spiro atoms. The minimum Gasteiger partial charge on any atom is -0.465 e. The van der Waals surface area contributed by atoms with Crippen molar-refractivity contribution >= 4 is 11.8 Å². The van der Waals surface area contributed by atoms with Gasteiger partial charge in [-0.2, -0.15) is 57.1 Å². The zero-order valence-corrected chi connectivity index (χ0v) is 15.0. The second-order valence-corrected chi connectivity index (χ2v) is 6.68. The largest absolute Gasteiger partial charge is 0.465 e. The summed E-state index contributed by atoms with van der Waals surface area (Å²) in [5.74, 6) is -41.0. The normalized spacial score (nSPS) is 20.0. The Morgan fingerprint density at radius 1 is 0.774 bits per heavy atom. The van der Waals surface area contributed by atoms with Gasteiger partial charge in [-0.1, -0.05) is 6.42 Å². The number of hydrogen-bond acceptors (Lipinski definition) is 3. The van der Waals surface area contributed by atoms with Crippen molar-refractivity contribution in [2.24, 2.45) is 5.92 Å². The van der Waals surface area contributed by atoms with E-state index in [0.29, 0.717) is 12.8 Å². The summed E-state index contributed by atoms with van der Waals surface area (Å²) < 4.78 is 172. The van der Waals surface area contributed by atoms with Crippen LogP contribution < -0.4 is 0 Å². The third-order valence-electron chi connectivity index (χ3n) is 4.50. The second-order valence-electron chi connectivity index (χ2n) is 6.68. The predicted octanol–water partition coefficient (Wildman–Crippen LogP) is 5.42. The Kier molecular flexibility index (Phi) is 7.30. The number of alkyl halides is 13. The summed E-state index contributed by atoms with van der Waals surface area (Å²) in [6, 6.07) is 0. The maximum absolute atomic E-state index is 13.5. The minimum absolute atomic E-state index is 0.0945. The van der Waals surface area contributed by atoms with E-state index >= 15 is 0 Å². The summed E-state index contributed by atoms with van der Waals surface area (Å²) in [7, 11) is 0. The number of rotatable bonds is 8. The number of hydrogen-bond donors (Lipinski definition) is 0. The molecule has 0 N–H and O–H groups in total. The lowest BCUT2D eigenvalue weighted by Crippen LogP contribution is -2.70. The first-order valence-corrected chi connectivity index (χ1v) is 8.30. The summed E-state index contributed by atoms with van der Waals surface area (Å²) in [5, 5.41) is 0. The highest BCUT2D eigenvalue weighted by Gasteiger charge is 2.90. The minimum atomic E-state index is -7.98. The molecule has 0 aliphatic heterocycles. The van der Waals surface area contributed by atoms with E-state index in [2.05, 4.69) is 4.74 Å². The average Bonchev–Trinajstić information content (AvgIpc) is 2.60. The van der Waals surface area contributed by atoms with Gasteiger partial charge in [0.05, 0.1) is 13.0 Å². The number of ketones is 1. The second kappa shape index (κ2) is 8.30. The van der Waals surface area contributed by atoms with Crippen molar-refractivity contribution in [3.63, 3.8) is 0 Å². The van der Waals surface area contributed by atoms with Crippen molar-refractivity contribution in [2.75, 3.05) is 6.61 Å². The molecule has 1 rings (SSSR count). The van der Waals surface area contributed by atoms with Gasteiger partial charge in [-0.3, -0.25) is 9.59 Å². The topological polar surface area (TPSA) is 43.4 Å². The summed E-state index contributed by atoms with van der Waals surface area (Å²) in [6.07, 6.45) is -9.60. The van der Waals surface area contributed by atoms with Crippen LogP contribution >= 0.6 is 0 Å². The molecule has 1 aliphatic rings. The van der Waals surface area contributed by atoms with Gasteiger partial charge < -0.3 is 4.74 Å². The fourth-order valence-corrected chi connectivity index (χ4v) is 2.57. The van der Waals surface area contributed by atoms with Crippen molar-refractivity contribution in [3.8, 4) is 0 Å². The molecule has 3 nitrogen and oxygen atoms in total. The molecule has 0 aromatic rings. The van der Waals surface area contributed by atoms with Crippen LogP contribution in [0.1, 0.15) is 32.1 Å². The van der Waals surface area contributed by atoms with E-state index in [4.69, 9.17) is 0 Å². The fraction of sp³-hybridized carbons (Fsp3) is 0.867. The predicted molar refractivity (Wildman–Crippen MR) is 73.3 cm³/mol. The van der Waals surface area contributed by atoms with Crippen LogP contribution in [0.15, 0.2) is 0 Å². The van der Waals surface area contributed by atoms with E-state index in [1.165, 1.54) is 0 Å². The molecule has 1 fully saturated rings. The SMILES string of the molecule is O=C1CCCCC1C(=O)OCCC(F)(F)C(F)(F)C(F)(F)C(F)(F)C(F)(F)C(F)(F)F. The van der Waals surface area contributed by atoms with Gasteiger partial charge in [0.25, 0.3) is 0 Å². The molecule has 0 radical (unpaired) electrons. The molecule has 1 aliphatic carbocycles. The van der Waals surface area contributed by atoms with Crippen LogP contribution in [0.2, 0.25) is 0 Å². The monoisotopic (exact) mass is 488 g/mol. The average molecular weight is 488 g/mol. The highest BCUT2D eigenvalue weighted by Crippen LogP contribution is 2.60. The lowest BCUT2D eigenvalue weighted by molar-refractivity contribution is -0.440.